The Morgan fingerprint density at radius 3 is 2.86 bits per heavy atom. The third kappa shape index (κ3) is 4.94. The molecule has 2 amide bonds. The normalized spacial score (nSPS) is 23.1. The summed E-state index contributed by atoms with van der Waals surface area (Å²) in [4.78, 5) is 32.3. The molecule has 0 fully saturated rings. The number of hydrogen-bond donors (Lipinski definition) is 2. The van der Waals surface area contributed by atoms with Crippen molar-refractivity contribution in [1.82, 2.24) is 10.2 Å². The van der Waals surface area contributed by atoms with Crippen LogP contribution in [0.1, 0.15) is 77.7 Å². The van der Waals surface area contributed by atoms with Crippen molar-refractivity contribution in [2.24, 2.45) is 10.7 Å². The quantitative estimate of drug-likeness (QED) is 0.687. The van der Waals surface area contributed by atoms with Crippen molar-refractivity contribution in [2.45, 2.75) is 64.1 Å². The summed E-state index contributed by atoms with van der Waals surface area (Å²) in [6, 6.07) is 11.8. The fourth-order valence-electron chi connectivity index (χ4n) is 5.20. The van der Waals surface area contributed by atoms with Crippen molar-refractivity contribution in [3.05, 3.63) is 70.3 Å². The first-order valence-electron chi connectivity index (χ1n) is 12.5. The molecule has 0 spiro atoms. The summed E-state index contributed by atoms with van der Waals surface area (Å²) in [6.07, 6.45) is 9.13. The molecule has 6 rings (SSSR count). The minimum atomic E-state index is -0.141. The fraction of sp³-hybridized carbons (Fsp3) is 0.393. The lowest BCUT2D eigenvalue weighted by Crippen LogP contribution is -2.46. The SMILES string of the molecule is CCOc1ccc2cc1CN1C(=O)CC(CCC/C=C\c3ccc4c(c3)C(CC4)NC2=O)N=C1N. The highest BCUT2D eigenvalue weighted by molar-refractivity contribution is 5.99. The van der Waals surface area contributed by atoms with Gasteiger partial charge in [-0.05, 0) is 80.0 Å². The van der Waals surface area contributed by atoms with Crippen LogP contribution in [0.4, 0.5) is 0 Å². The topological polar surface area (TPSA) is 97.0 Å². The number of allylic oxidation sites excluding steroid dienone is 1. The molecule has 0 saturated carbocycles. The van der Waals surface area contributed by atoms with Gasteiger partial charge in [0, 0.05) is 17.5 Å². The van der Waals surface area contributed by atoms with Gasteiger partial charge in [0.05, 0.1) is 25.2 Å². The number of nitrogens with two attached hydrogens (primary N) is 1. The van der Waals surface area contributed by atoms with Crippen molar-refractivity contribution in [1.29, 1.82) is 0 Å². The highest BCUT2D eigenvalue weighted by Gasteiger charge is 2.29. The van der Waals surface area contributed by atoms with E-state index < -0.39 is 0 Å². The van der Waals surface area contributed by atoms with E-state index in [1.807, 2.05) is 6.92 Å². The van der Waals surface area contributed by atoms with Crippen LogP contribution in [0.2, 0.25) is 0 Å². The van der Waals surface area contributed by atoms with Crippen molar-refractivity contribution < 1.29 is 14.3 Å². The zero-order valence-electron chi connectivity index (χ0n) is 20.1. The number of fused-ring (bicyclic) bond motifs is 5. The summed E-state index contributed by atoms with van der Waals surface area (Å²) >= 11 is 0. The summed E-state index contributed by atoms with van der Waals surface area (Å²) in [7, 11) is 0. The Balaban J connectivity index is 1.51. The molecule has 2 aromatic rings. The van der Waals surface area contributed by atoms with Gasteiger partial charge in [-0.2, -0.15) is 0 Å². The van der Waals surface area contributed by atoms with E-state index in [1.54, 1.807) is 18.2 Å². The van der Waals surface area contributed by atoms with E-state index in [9.17, 15) is 9.59 Å². The number of guanidine groups is 1. The van der Waals surface area contributed by atoms with Crippen molar-refractivity contribution in [3.8, 4) is 5.75 Å². The molecule has 0 aromatic heterocycles. The van der Waals surface area contributed by atoms with E-state index in [0.717, 1.165) is 43.2 Å². The van der Waals surface area contributed by atoms with Crippen LogP contribution in [-0.2, 0) is 17.8 Å². The summed E-state index contributed by atoms with van der Waals surface area (Å²) in [5, 5.41) is 3.22. The first kappa shape index (κ1) is 23.1. The monoisotopic (exact) mass is 472 g/mol. The second-order valence-corrected chi connectivity index (χ2v) is 9.44. The van der Waals surface area contributed by atoms with Gasteiger partial charge in [-0.3, -0.25) is 14.5 Å². The molecule has 35 heavy (non-hydrogen) atoms. The molecule has 2 atom stereocenters. The van der Waals surface area contributed by atoms with E-state index in [4.69, 9.17) is 10.5 Å². The van der Waals surface area contributed by atoms with Crippen molar-refractivity contribution in [2.75, 3.05) is 6.61 Å². The van der Waals surface area contributed by atoms with Gasteiger partial charge in [-0.1, -0.05) is 24.3 Å². The molecule has 3 N–H and O–H groups in total. The van der Waals surface area contributed by atoms with Crippen LogP contribution < -0.4 is 15.8 Å². The number of hydrogen-bond acceptors (Lipinski definition) is 5. The van der Waals surface area contributed by atoms with Crippen LogP contribution in [0.25, 0.3) is 6.08 Å². The molecule has 2 aromatic carbocycles. The number of ether oxygens (including phenoxy) is 1. The molecule has 3 heterocycles. The molecule has 2 unspecified atom stereocenters. The lowest BCUT2D eigenvalue weighted by Gasteiger charge is -2.29. The van der Waals surface area contributed by atoms with E-state index in [1.165, 1.54) is 16.0 Å². The maximum absolute atomic E-state index is 13.3. The average Bonchev–Trinajstić information content (AvgIpc) is 3.23. The molecule has 7 heteroatoms. The summed E-state index contributed by atoms with van der Waals surface area (Å²) in [6.45, 7) is 2.60. The first-order valence-corrected chi connectivity index (χ1v) is 12.5. The minimum Gasteiger partial charge on any atom is -0.494 e. The third-order valence-electron chi connectivity index (χ3n) is 7.03. The van der Waals surface area contributed by atoms with Gasteiger partial charge in [0.25, 0.3) is 5.91 Å². The van der Waals surface area contributed by atoms with E-state index in [0.29, 0.717) is 24.3 Å². The summed E-state index contributed by atoms with van der Waals surface area (Å²) < 4.78 is 5.80. The number of carbonyl (C=O) groups excluding carboxylic acids is 2. The van der Waals surface area contributed by atoms with Crippen LogP contribution >= 0.6 is 0 Å². The molecule has 3 aliphatic heterocycles. The predicted octanol–water partition coefficient (Wildman–Crippen LogP) is 4.12. The lowest BCUT2D eigenvalue weighted by molar-refractivity contribution is -0.128. The lowest BCUT2D eigenvalue weighted by atomic mass is 10.0. The van der Waals surface area contributed by atoms with Gasteiger partial charge in [0.1, 0.15) is 5.75 Å². The van der Waals surface area contributed by atoms with E-state index >= 15 is 0 Å². The van der Waals surface area contributed by atoms with Gasteiger partial charge in [0.2, 0.25) is 5.91 Å². The molecule has 182 valence electrons. The predicted molar refractivity (Wildman–Crippen MR) is 136 cm³/mol. The molecule has 0 radical (unpaired) electrons. The standard InChI is InChI=1S/C28H32N4O3/c1-2-35-25-13-11-20-15-21(25)17-32-26(33)16-22(30-28(32)29)7-5-3-4-6-18-8-9-19-10-12-24(23(19)14-18)31-27(20)34/h4,6,8-9,11,13-15,22,24H,2-3,5,7,10,12,16-17H2,1H3,(H2,29,30)(H,31,34)/b6-4-. The molecular formula is C28H32N4O3. The van der Waals surface area contributed by atoms with Gasteiger partial charge < -0.3 is 15.8 Å². The second-order valence-electron chi connectivity index (χ2n) is 9.44. The molecular weight excluding hydrogens is 440 g/mol. The second kappa shape index (κ2) is 9.94. The Kier molecular flexibility index (Phi) is 6.57. The van der Waals surface area contributed by atoms with Crippen LogP contribution in [-0.4, -0.2) is 35.3 Å². The zero-order chi connectivity index (χ0) is 24.4. The number of amides is 2. The molecule has 1 aliphatic carbocycles. The van der Waals surface area contributed by atoms with Crippen LogP contribution in [0.15, 0.2) is 47.5 Å². The minimum absolute atomic E-state index is 0.0216. The number of rotatable bonds is 2. The van der Waals surface area contributed by atoms with E-state index in [-0.39, 0.29) is 36.4 Å². The first-order chi connectivity index (χ1) is 17.0. The van der Waals surface area contributed by atoms with Gasteiger partial charge in [0.15, 0.2) is 5.96 Å². The Hall–Kier alpha value is -3.61. The number of aliphatic imine (C=N–C) groups is 1. The number of benzene rings is 2. The number of nitrogens with zero attached hydrogens (tertiary/aromatic N) is 2. The number of nitrogens with one attached hydrogen (secondary N) is 1. The Morgan fingerprint density at radius 2 is 2.03 bits per heavy atom. The maximum Gasteiger partial charge on any atom is 0.251 e. The van der Waals surface area contributed by atoms with Gasteiger partial charge in [-0.25, -0.2) is 4.99 Å². The maximum atomic E-state index is 13.3. The Bertz CT molecular complexity index is 1200. The average molecular weight is 473 g/mol. The van der Waals surface area contributed by atoms with Crippen LogP contribution in [0.5, 0.6) is 5.75 Å². The Labute approximate surface area is 206 Å². The Morgan fingerprint density at radius 1 is 1.14 bits per heavy atom. The molecule has 4 aliphatic rings. The fourth-order valence-corrected chi connectivity index (χ4v) is 5.20. The highest BCUT2D eigenvalue weighted by Crippen LogP contribution is 2.33. The van der Waals surface area contributed by atoms with Crippen LogP contribution in [0, 0.1) is 0 Å². The molecule has 7 nitrogen and oxygen atoms in total. The van der Waals surface area contributed by atoms with Crippen LogP contribution in [0.3, 0.4) is 0 Å². The van der Waals surface area contributed by atoms with Gasteiger partial charge >= 0.3 is 0 Å². The molecule has 6 bridgehead atoms. The summed E-state index contributed by atoms with van der Waals surface area (Å²) in [5.41, 5.74) is 11.1. The summed E-state index contributed by atoms with van der Waals surface area (Å²) in [5.74, 6) is 0.673. The third-order valence-corrected chi connectivity index (χ3v) is 7.03. The number of carbonyl (C=O) groups is 2. The highest BCUT2D eigenvalue weighted by atomic mass is 16.5. The number of aryl methyl sites for hydroxylation is 1. The van der Waals surface area contributed by atoms with E-state index in [2.05, 4.69) is 40.7 Å². The largest absolute Gasteiger partial charge is 0.494 e. The smallest absolute Gasteiger partial charge is 0.251 e. The molecule has 0 saturated heterocycles. The van der Waals surface area contributed by atoms with Gasteiger partial charge in [-0.15, -0.1) is 0 Å². The zero-order valence-corrected chi connectivity index (χ0v) is 20.1. The van der Waals surface area contributed by atoms with Crippen molar-refractivity contribution in [3.63, 3.8) is 0 Å². The van der Waals surface area contributed by atoms with Crippen molar-refractivity contribution >= 4 is 23.8 Å².